The fraction of sp³-hybridized carbons (Fsp3) is 0.455. The van der Waals surface area contributed by atoms with Gasteiger partial charge in [0, 0.05) is 24.6 Å². The minimum absolute atomic E-state index is 0.0763. The number of hydrogen-bond acceptors (Lipinski definition) is 4. The molecule has 0 bridgehead atoms. The zero-order valence-electron chi connectivity index (χ0n) is 8.97. The second-order valence-corrected chi connectivity index (χ2v) is 4.10. The summed E-state index contributed by atoms with van der Waals surface area (Å²) in [4.78, 5) is 0. The molecule has 1 fully saturated rings. The highest BCUT2D eigenvalue weighted by molar-refractivity contribution is 5.51. The second kappa shape index (κ2) is 3.75. The summed E-state index contributed by atoms with van der Waals surface area (Å²) in [6.45, 7) is 0.814. The lowest BCUT2D eigenvalue weighted by molar-refractivity contribution is 0.00886. The van der Waals surface area contributed by atoms with Crippen LogP contribution >= 0.6 is 0 Å². The molecule has 2 N–H and O–H groups in total. The van der Waals surface area contributed by atoms with E-state index in [0.29, 0.717) is 5.69 Å². The molecule has 0 amide bonds. The van der Waals surface area contributed by atoms with Crippen LogP contribution in [0.5, 0.6) is 0 Å². The van der Waals surface area contributed by atoms with Gasteiger partial charge >= 0.3 is 0 Å². The Kier molecular flexibility index (Phi) is 2.25. The normalized spacial score (nSPS) is 21.4. The monoisotopic (exact) mass is 218 g/mol. The van der Waals surface area contributed by atoms with Crippen LogP contribution in [0.2, 0.25) is 0 Å². The molecule has 3 rings (SSSR count). The van der Waals surface area contributed by atoms with Gasteiger partial charge in [-0.15, -0.1) is 10.2 Å². The molecule has 0 aromatic carbocycles. The Morgan fingerprint density at radius 3 is 3.12 bits per heavy atom. The van der Waals surface area contributed by atoms with Gasteiger partial charge in [0.05, 0.1) is 0 Å². The number of anilines is 1. The minimum atomic E-state index is 0.0763. The minimum Gasteiger partial charge on any atom is -0.399 e. The van der Waals surface area contributed by atoms with Crippen molar-refractivity contribution in [3.63, 3.8) is 0 Å². The zero-order chi connectivity index (χ0) is 11.0. The van der Waals surface area contributed by atoms with Gasteiger partial charge in [-0.2, -0.15) is 0 Å². The van der Waals surface area contributed by atoms with Crippen molar-refractivity contribution in [1.29, 1.82) is 0 Å². The van der Waals surface area contributed by atoms with E-state index in [1.807, 2.05) is 22.7 Å². The van der Waals surface area contributed by atoms with E-state index >= 15 is 0 Å². The van der Waals surface area contributed by atoms with Crippen LogP contribution in [0.25, 0.3) is 5.65 Å². The molecule has 84 valence electrons. The quantitative estimate of drug-likeness (QED) is 0.788. The number of rotatable bonds is 1. The van der Waals surface area contributed by atoms with Crippen molar-refractivity contribution in [3.05, 3.63) is 24.2 Å². The molecule has 0 saturated carbocycles. The van der Waals surface area contributed by atoms with E-state index in [0.717, 1.165) is 30.9 Å². The van der Waals surface area contributed by atoms with Crippen LogP contribution in [0, 0.1) is 0 Å². The Labute approximate surface area is 93.2 Å². The molecule has 0 aliphatic carbocycles. The number of nitrogens with two attached hydrogens (primary N) is 1. The lowest BCUT2D eigenvalue weighted by Crippen LogP contribution is -2.14. The first kappa shape index (κ1) is 9.59. The molecular formula is C11H14N4O. The van der Waals surface area contributed by atoms with Crippen molar-refractivity contribution >= 4 is 11.3 Å². The second-order valence-electron chi connectivity index (χ2n) is 4.10. The average molecular weight is 218 g/mol. The summed E-state index contributed by atoms with van der Waals surface area (Å²) in [5, 5.41) is 8.30. The van der Waals surface area contributed by atoms with Gasteiger partial charge in [0.2, 0.25) is 0 Å². The van der Waals surface area contributed by atoms with Crippen LogP contribution in [-0.4, -0.2) is 21.2 Å². The molecule has 1 atom stereocenters. The standard InChI is InChI=1S/C11H14N4O/c12-8-4-5-15-10(7-8)13-14-11(15)9-3-1-2-6-16-9/h4-5,7,9H,1-3,6,12H2. The van der Waals surface area contributed by atoms with Crippen molar-refractivity contribution in [2.24, 2.45) is 0 Å². The highest BCUT2D eigenvalue weighted by Gasteiger charge is 2.21. The van der Waals surface area contributed by atoms with Crippen LogP contribution in [0.3, 0.4) is 0 Å². The van der Waals surface area contributed by atoms with Crippen LogP contribution in [0.1, 0.15) is 31.2 Å². The average Bonchev–Trinajstić information content (AvgIpc) is 2.73. The number of hydrogen-bond donors (Lipinski definition) is 1. The predicted molar refractivity (Wildman–Crippen MR) is 59.9 cm³/mol. The van der Waals surface area contributed by atoms with Crippen molar-refractivity contribution in [2.75, 3.05) is 12.3 Å². The fourth-order valence-electron chi connectivity index (χ4n) is 2.09. The van der Waals surface area contributed by atoms with E-state index in [2.05, 4.69) is 10.2 Å². The Morgan fingerprint density at radius 1 is 1.38 bits per heavy atom. The summed E-state index contributed by atoms with van der Waals surface area (Å²) in [5.74, 6) is 0.884. The first-order chi connectivity index (χ1) is 7.84. The van der Waals surface area contributed by atoms with Crippen molar-refractivity contribution in [1.82, 2.24) is 14.6 Å². The third kappa shape index (κ3) is 1.53. The molecule has 3 heterocycles. The summed E-state index contributed by atoms with van der Waals surface area (Å²) in [6.07, 6.45) is 5.32. The largest absolute Gasteiger partial charge is 0.399 e. The topological polar surface area (TPSA) is 65.4 Å². The maximum Gasteiger partial charge on any atom is 0.166 e. The Balaban J connectivity index is 2.03. The third-order valence-electron chi connectivity index (χ3n) is 2.93. The third-order valence-corrected chi connectivity index (χ3v) is 2.93. The van der Waals surface area contributed by atoms with E-state index in [1.54, 1.807) is 0 Å². The zero-order valence-corrected chi connectivity index (χ0v) is 8.97. The van der Waals surface area contributed by atoms with Gasteiger partial charge in [-0.1, -0.05) is 0 Å². The highest BCUT2D eigenvalue weighted by Crippen LogP contribution is 2.26. The van der Waals surface area contributed by atoms with E-state index < -0.39 is 0 Å². The van der Waals surface area contributed by atoms with Gasteiger partial charge in [-0.3, -0.25) is 4.40 Å². The lowest BCUT2D eigenvalue weighted by Gasteiger charge is -2.20. The highest BCUT2D eigenvalue weighted by atomic mass is 16.5. The van der Waals surface area contributed by atoms with Crippen LogP contribution < -0.4 is 5.73 Å². The molecule has 16 heavy (non-hydrogen) atoms. The molecule has 1 unspecified atom stereocenters. The molecule has 5 heteroatoms. The molecule has 1 aliphatic rings. The van der Waals surface area contributed by atoms with Crippen LogP contribution in [-0.2, 0) is 4.74 Å². The maximum atomic E-state index is 5.71. The summed E-state index contributed by atoms with van der Waals surface area (Å²) in [5.41, 5.74) is 7.19. The molecular weight excluding hydrogens is 204 g/mol. The Hall–Kier alpha value is -1.62. The first-order valence-electron chi connectivity index (χ1n) is 5.56. The Morgan fingerprint density at radius 2 is 2.31 bits per heavy atom. The van der Waals surface area contributed by atoms with Gasteiger partial charge in [0.1, 0.15) is 6.10 Å². The predicted octanol–water partition coefficient (Wildman–Crippen LogP) is 1.55. The number of aromatic nitrogens is 3. The summed E-state index contributed by atoms with van der Waals surface area (Å²) < 4.78 is 7.66. The maximum absolute atomic E-state index is 5.71. The number of nitrogen functional groups attached to an aromatic ring is 1. The fourth-order valence-corrected chi connectivity index (χ4v) is 2.09. The first-order valence-corrected chi connectivity index (χ1v) is 5.56. The molecule has 1 aliphatic heterocycles. The van der Waals surface area contributed by atoms with E-state index in [9.17, 15) is 0 Å². The molecule has 0 radical (unpaired) electrons. The van der Waals surface area contributed by atoms with Crippen molar-refractivity contribution in [2.45, 2.75) is 25.4 Å². The van der Waals surface area contributed by atoms with E-state index in [-0.39, 0.29) is 6.10 Å². The molecule has 2 aromatic rings. The molecule has 5 nitrogen and oxygen atoms in total. The van der Waals surface area contributed by atoms with Crippen LogP contribution in [0.4, 0.5) is 5.69 Å². The SMILES string of the molecule is Nc1ccn2c(C3CCCCO3)nnc2c1. The van der Waals surface area contributed by atoms with Gasteiger partial charge in [-0.05, 0) is 25.3 Å². The summed E-state index contributed by atoms with van der Waals surface area (Å²) in [6, 6.07) is 3.67. The van der Waals surface area contributed by atoms with E-state index in [4.69, 9.17) is 10.5 Å². The van der Waals surface area contributed by atoms with Gasteiger partial charge in [-0.25, -0.2) is 0 Å². The molecule has 0 spiro atoms. The smallest absolute Gasteiger partial charge is 0.166 e. The number of ether oxygens (including phenoxy) is 1. The van der Waals surface area contributed by atoms with Gasteiger partial charge in [0.15, 0.2) is 11.5 Å². The van der Waals surface area contributed by atoms with Crippen molar-refractivity contribution < 1.29 is 4.74 Å². The summed E-state index contributed by atoms with van der Waals surface area (Å²) in [7, 11) is 0. The van der Waals surface area contributed by atoms with Gasteiger partial charge in [0.25, 0.3) is 0 Å². The molecule has 2 aromatic heterocycles. The van der Waals surface area contributed by atoms with Crippen LogP contribution in [0.15, 0.2) is 18.3 Å². The number of nitrogens with zero attached hydrogens (tertiary/aromatic N) is 3. The van der Waals surface area contributed by atoms with Gasteiger partial charge < -0.3 is 10.5 Å². The number of pyridine rings is 1. The van der Waals surface area contributed by atoms with Crippen molar-refractivity contribution in [3.8, 4) is 0 Å². The summed E-state index contributed by atoms with van der Waals surface area (Å²) >= 11 is 0. The Bertz CT molecular complexity index is 502. The number of fused-ring (bicyclic) bond motifs is 1. The molecule has 1 saturated heterocycles. The lowest BCUT2D eigenvalue weighted by atomic mass is 10.1. The van der Waals surface area contributed by atoms with E-state index in [1.165, 1.54) is 6.42 Å².